The lowest BCUT2D eigenvalue weighted by atomic mass is 10.2. The van der Waals surface area contributed by atoms with Crippen LogP contribution in [0.25, 0.3) is 0 Å². The highest BCUT2D eigenvalue weighted by atomic mass is 16.3. The van der Waals surface area contributed by atoms with Crippen LogP contribution in [0.5, 0.6) is 0 Å². The third-order valence-corrected chi connectivity index (χ3v) is 1.54. The van der Waals surface area contributed by atoms with E-state index in [4.69, 9.17) is 0 Å². The van der Waals surface area contributed by atoms with Crippen molar-refractivity contribution >= 4 is 0 Å². The van der Waals surface area contributed by atoms with Gasteiger partial charge in [-0.3, -0.25) is 5.32 Å². The minimum absolute atomic E-state index is 0.188. The second-order valence-electron chi connectivity index (χ2n) is 2.38. The topological polar surface area (TPSA) is 31.9 Å². The zero-order valence-corrected chi connectivity index (χ0v) is 6.42. The first-order chi connectivity index (χ1) is 5.43. The SMILES string of the molecule is [O]CNCCc1ccccc1. The molecule has 0 atom stereocenters. The molecule has 1 aromatic rings. The molecule has 0 aromatic heterocycles. The Balaban J connectivity index is 2.28. The van der Waals surface area contributed by atoms with Crippen molar-refractivity contribution in [2.45, 2.75) is 6.42 Å². The molecule has 2 heteroatoms. The minimum atomic E-state index is -0.188. The summed E-state index contributed by atoms with van der Waals surface area (Å²) < 4.78 is 0. The Morgan fingerprint density at radius 1 is 1.18 bits per heavy atom. The Morgan fingerprint density at radius 3 is 2.55 bits per heavy atom. The molecular weight excluding hydrogens is 138 g/mol. The van der Waals surface area contributed by atoms with Crippen molar-refractivity contribution in [2.24, 2.45) is 0 Å². The maximum absolute atomic E-state index is 10.0. The Labute approximate surface area is 66.9 Å². The summed E-state index contributed by atoms with van der Waals surface area (Å²) in [6, 6.07) is 10.1. The maximum Gasteiger partial charge on any atom is 0.133 e. The molecule has 0 saturated heterocycles. The van der Waals surface area contributed by atoms with E-state index in [2.05, 4.69) is 17.4 Å². The average Bonchev–Trinajstić information content (AvgIpc) is 2.07. The van der Waals surface area contributed by atoms with E-state index in [1.54, 1.807) is 0 Å². The Morgan fingerprint density at radius 2 is 1.91 bits per heavy atom. The number of hydrogen-bond donors (Lipinski definition) is 1. The van der Waals surface area contributed by atoms with Gasteiger partial charge < -0.3 is 0 Å². The van der Waals surface area contributed by atoms with Gasteiger partial charge >= 0.3 is 0 Å². The minimum Gasteiger partial charge on any atom is -0.292 e. The van der Waals surface area contributed by atoms with Crippen LogP contribution in [0, 0.1) is 0 Å². The predicted octanol–water partition coefficient (Wildman–Crippen LogP) is 1.21. The van der Waals surface area contributed by atoms with Crippen LogP contribution in [0.3, 0.4) is 0 Å². The molecule has 0 aliphatic carbocycles. The quantitative estimate of drug-likeness (QED) is 0.507. The molecule has 0 spiro atoms. The molecule has 0 saturated carbocycles. The molecule has 1 rings (SSSR count). The van der Waals surface area contributed by atoms with Gasteiger partial charge in [0.05, 0.1) is 0 Å². The molecule has 0 unspecified atom stereocenters. The van der Waals surface area contributed by atoms with Gasteiger partial charge in [0.1, 0.15) is 6.73 Å². The largest absolute Gasteiger partial charge is 0.292 e. The summed E-state index contributed by atoms with van der Waals surface area (Å²) in [7, 11) is 0. The van der Waals surface area contributed by atoms with Crippen molar-refractivity contribution in [1.82, 2.24) is 5.32 Å². The molecule has 1 N–H and O–H groups in total. The fourth-order valence-electron chi connectivity index (χ4n) is 0.950. The molecule has 0 amide bonds. The summed E-state index contributed by atoms with van der Waals surface area (Å²) in [5, 5.41) is 12.8. The van der Waals surface area contributed by atoms with Gasteiger partial charge in [-0.2, -0.15) is 0 Å². The number of benzene rings is 1. The number of rotatable bonds is 4. The second kappa shape index (κ2) is 4.88. The van der Waals surface area contributed by atoms with E-state index >= 15 is 0 Å². The third-order valence-electron chi connectivity index (χ3n) is 1.54. The monoisotopic (exact) mass is 150 g/mol. The molecule has 1 radical (unpaired) electrons. The normalized spacial score (nSPS) is 9.91. The van der Waals surface area contributed by atoms with E-state index in [0.29, 0.717) is 0 Å². The first-order valence-electron chi connectivity index (χ1n) is 3.76. The van der Waals surface area contributed by atoms with E-state index in [0.717, 1.165) is 13.0 Å². The van der Waals surface area contributed by atoms with Crippen LogP contribution < -0.4 is 5.32 Å². The molecule has 1 aromatic carbocycles. The van der Waals surface area contributed by atoms with Crippen LogP contribution in [0.15, 0.2) is 30.3 Å². The lowest BCUT2D eigenvalue weighted by Gasteiger charge is -1.99. The van der Waals surface area contributed by atoms with Crippen molar-refractivity contribution < 1.29 is 5.11 Å². The number of nitrogens with one attached hydrogen (secondary N) is 1. The van der Waals surface area contributed by atoms with Gasteiger partial charge in [-0.25, -0.2) is 5.11 Å². The van der Waals surface area contributed by atoms with Crippen LogP contribution in [0.4, 0.5) is 0 Å². The first kappa shape index (κ1) is 8.24. The fraction of sp³-hybridized carbons (Fsp3) is 0.333. The number of hydrogen-bond acceptors (Lipinski definition) is 1. The molecule has 0 aliphatic rings. The molecule has 0 bridgehead atoms. The van der Waals surface area contributed by atoms with Crippen molar-refractivity contribution in [2.75, 3.05) is 13.3 Å². The summed E-state index contributed by atoms with van der Waals surface area (Å²) in [6.07, 6.45) is 0.934. The van der Waals surface area contributed by atoms with Gasteiger partial charge in [0, 0.05) is 6.54 Å². The van der Waals surface area contributed by atoms with Crippen molar-refractivity contribution in [1.29, 1.82) is 0 Å². The molecule has 11 heavy (non-hydrogen) atoms. The average molecular weight is 150 g/mol. The van der Waals surface area contributed by atoms with Gasteiger partial charge in [0.15, 0.2) is 0 Å². The zero-order valence-electron chi connectivity index (χ0n) is 6.42. The van der Waals surface area contributed by atoms with Gasteiger partial charge in [-0.1, -0.05) is 30.3 Å². The van der Waals surface area contributed by atoms with E-state index in [1.165, 1.54) is 5.56 Å². The zero-order chi connectivity index (χ0) is 7.94. The Bertz CT molecular complexity index is 186. The van der Waals surface area contributed by atoms with Crippen molar-refractivity contribution in [3.63, 3.8) is 0 Å². The lowest BCUT2D eigenvalue weighted by Crippen LogP contribution is -2.16. The molecule has 59 valence electrons. The summed E-state index contributed by atoms with van der Waals surface area (Å²) in [5.41, 5.74) is 1.27. The molecule has 0 fully saturated rings. The van der Waals surface area contributed by atoms with Crippen LogP contribution in [0.1, 0.15) is 5.56 Å². The van der Waals surface area contributed by atoms with E-state index in [9.17, 15) is 5.11 Å². The van der Waals surface area contributed by atoms with Gasteiger partial charge in [-0.05, 0) is 12.0 Å². The lowest BCUT2D eigenvalue weighted by molar-refractivity contribution is 0.168. The highest BCUT2D eigenvalue weighted by molar-refractivity contribution is 5.14. The summed E-state index contributed by atoms with van der Waals surface area (Å²) >= 11 is 0. The van der Waals surface area contributed by atoms with Crippen LogP contribution >= 0.6 is 0 Å². The van der Waals surface area contributed by atoms with E-state index < -0.39 is 0 Å². The van der Waals surface area contributed by atoms with Gasteiger partial charge in [-0.15, -0.1) is 0 Å². The van der Waals surface area contributed by atoms with Gasteiger partial charge in [0.2, 0.25) is 0 Å². The van der Waals surface area contributed by atoms with Crippen LogP contribution in [0.2, 0.25) is 0 Å². The summed E-state index contributed by atoms with van der Waals surface area (Å²) in [5.74, 6) is 0. The highest BCUT2D eigenvalue weighted by Gasteiger charge is 1.88. The second-order valence-corrected chi connectivity index (χ2v) is 2.38. The van der Waals surface area contributed by atoms with E-state index in [1.807, 2.05) is 18.2 Å². The fourth-order valence-corrected chi connectivity index (χ4v) is 0.950. The predicted molar refractivity (Wildman–Crippen MR) is 43.7 cm³/mol. The van der Waals surface area contributed by atoms with Gasteiger partial charge in [0.25, 0.3) is 0 Å². The standard InChI is InChI=1S/C9H12NO/c11-8-10-7-6-9-4-2-1-3-5-9/h1-5,10H,6-8H2. The molecular formula is C9H12NO. The highest BCUT2D eigenvalue weighted by Crippen LogP contribution is 1.97. The Kier molecular flexibility index (Phi) is 3.65. The first-order valence-corrected chi connectivity index (χ1v) is 3.76. The Hall–Kier alpha value is -0.860. The van der Waals surface area contributed by atoms with Crippen LogP contribution in [-0.4, -0.2) is 13.3 Å². The smallest absolute Gasteiger partial charge is 0.133 e. The molecule has 2 nitrogen and oxygen atoms in total. The third kappa shape index (κ3) is 3.16. The van der Waals surface area contributed by atoms with Crippen LogP contribution in [-0.2, 0) is 11.5 Å². The molecule has 0 heterocycles. The van der Waals surface area contributed by atoms with E-state index in [-0.39, 0.29) is 6.73 Å². The van der Waals surface area contributed by atoms with Crippen molar-refractivity contribution in [3.05, 3.63) is 35.9 Å². The summed E-state index contributed by atoms with van der Waals surface area (Å²) in [6.45, 7) is 0.584. The van der Waals surface area contributed by atoms with Crippen molar-refractivity contribution in [3.8, 4) is 0 Å². The molecule has 0 aliphatic heterocycles. The summed E-state index contributed by atoms with van der Waals surface area (Å²) in [4.78, 5) is 0. The maximum atomic E-state index is 10.0.